The van der Waals surface area contributed by atoms with Crippen LogP contribution in [0, 0.1) is 5.92 Å². The van der Waals surface area contributed by atoms with Crippen LogP contribution in [-0.4, -0.2) is 53.3 Å². The highest BCUT2D eigenvalue weighted by Crippen LogP contribution is 2.28. The molecule has 1 aliphatic heterocycles. The Bertz CT molecular complexity index is 584. The zero-order valence-electron chi connectivity index (χ0n) is 17.4. The monoisotopic (exact) mass is 393 g/mol. The van der Waals surface area contributed by atoms with Gasteiger partial charge >= 0.3 is 11.9 Å². The minimum Gasteiger partial charge on any atom is -0.493 e. The quantitative estimate of drug-likeness (QED) is 0.507. The first kappa shape index (κ1) is 24.0. The predicted octanol–water partition coefficient (Wildman–Crippen LogP) is 4.25. The molecule has 1 aromatic rings. The second kappa shape index (κ2) is 13.2. The van der Waals surface area contributed by atoms with E-state index in [1.807, 2.05) is 0 Å². The van der Waals surface area contributed by atoms with Crippen molar-refractivity contribution >= 4 is 11.9 Å². The normalized spacial score (nSPS) is 16.0. The summed E-state index contributed by atoms with van der Waals surface area (Å²) in [7, 11) is 0. The number of benzene rings is 1. The smallest absolute Gasteiger partial charge is 0.414 e. The summed E-state index contributed by atoms with van der Waals surface area (Å²) in [5.41, 5.74) is 1.36. The average Bonchev–Trinajstić information content (AvgIpc) is 2.69. The fraction of sp³-hybridized carbons (Fsp3) is 0.636. The van der Waals surface area contributed by atoms with E-state index < -0.39 is 11.9 Å². The molecule has 1 unspecified atom stereocenters. The van der Waals surface area contributed by atoms with Gasteiger partial charge in [-0.3, -0.25) is 0 Å². The lowest BCUT2D eigenvalue weighted by Gasteiger charge is -2.30. The number of rotatable bonds is 8. The Morgan fingerprint density at radius 3 is 2.32 bits per heavy atom. The molecule has 1 atom stereocenters. The van der Waals surface area contributed by atoms with Crippen LogP contribution in [0.4, 0.5) is 0 Å². The largest absolute Gasteiger partial charge is 0.493 e. The lowest BCUT2D eigenvalue weighted by molar-refractivity contribution is -0.159. The van der Waals surface area contributed by atoms with Gasteiger partial charge in [0.25, 0.3) is 0 Å². The predicted molar refractivity (Wildman–Crippen MR) is 110 cm³/mol. The second-order valence-electron chi connectivity index (χ2n) is 7.54. The van der Waals surface area contributed by atoms with E-state index in [0.717, 1.165) is 31.1 Å². The van der Waals surface area contributed by atoms with Gasteiger partial charge in [-0.2, -0.15) is 0 Å². The Kier molecular flexibility index (Phi) is 11.3. The first-order valence-electron chi connectivity index (χ1n) is 10.2. The van der Waals surface area contributed by atoms with Gasteiger partial charge in [0.1, 0.15) is 5.75 Å². The minimum absolute atomic E-state index is 0.575. The summed E-state index contributed by atoms with van der Waals surface area (Å²) in [6.07, 6.45) is 6.31. The summed E-state index contributed by atoms with van der Waals surface area (Å²) in [6, 6.07) is 8.52. The number of unbranched alkanes of at least 4 members (excludes halogenated alkanes) is 1. The molecule has 2 N–H and O–H groups in total. The van der Waals surface area contributed by atoms with Crippen LogP contribution in [-0.2, 0) is 9.59 Å². The summed E-state index contributed by atoms with van der Waals surface area (Å²) in [5.74, 6) is -1.06. The standard InChI is InChI=1S/C20H33NO.C2H2O4/c1-4-18(3)19-9-5-6-10-20(19)22-16-8-7-13-21-14-11-17(2)12-15-21;3-1(4)2(5)6/h5-6,9-10,17-18H,4,7-8,11-16H2,1-3H3;(H,3,4)(H,5,6). The summed E-state index contributed by atoms with van der Waals surface area (Å²) in [4.78, 5) is 20.8. The van der Waals surface area contributed by atoms with Gasteiger partial charge in [-0.25, -0.2) is 9.59 Å². The van der Waals surface area contributed by atoms with Gasteiger partial charge in [0.2, 0.25) is 0 Å². The molecule has 6 heteroatoms. The summed E-state index contributed by atoms with van der Waals surface area (Å²) in [6.45, 7) is 11.6. The van der Waals surface area contributed by atoms with E-state index in [0.29, 0.717) is 5.92 Å². The van der Waals surface area contributed by atoms with Crippen molar-refractivity contribution in [1.82, 2.24) is 4.90 Å². The van der Waals surface area contributed by atoms with Gasteiger partial charge in [-0.15, -0.1) is 0 Å². The van der Waals surface area contributed by atoms with E-state index in [4.69, 9.17) is 24.5 Å². The number of carboxylic acids is 2. The molecule has 0 spiro atoms. The van der Waals surface area contributed by atoms with Crippen LogP contribution in [0.1, 0.15) is 64.4 Å². The number of hydrogen-bond donors (Lipinski definition) is 2. The number of aliphatic carboxylic acids is 2. The topological polar surface area (TPSA) is 87.1 Å². The van der Waals surface area contributed by atoms with E-state index in [1.54, 1.807) is 0 Å². The van der Waals surface area contributed by atoms with Crippen molar-refractivity contribution in [3.05, 3.63) is 29.8 Å². The first-order chi connectivity index (χ1) is 13.3. The summed E-state index contributed by atoms with van der Waals surface area (Å²) in [5, 5.41) is 14.8. The van der Waals surface area contributed by atoms with Crippen LogP contribution in [0.25, 0.3) is 0 Å². The fourth-order valence-electron chi connectivity index (χ4n) is 3.14. The number of carboxylic acid groups (broad SMARTS) is 2. The van der Waals surface area contributed by atoms with Crippen LogP contribution >= 0.6 is 0 Å². The molecule has 1 fully saturated rings. The van der Waals surface area contributed by atoms with E-state index >= 15 is 0 Å². The Balaban J connectivity index is 0.000000568. The van der Waals surface area contributed by atoms with Gasteiger partial charge in [-0.05, 0) is 75.2 Å². The lowest BCUT2D eigenvalue weighted by atomic mass is 9.98. The van der Waals surface area contributed by atoms with Crippen molar-refractivity contribution in [2.45, 2.75) is 58.8 Å². The Morgan fingerprint density at radius 1 is 1.14 bits per heavy atom. The molecule has 0 radical (unpaired) electrons. The molecule has 1 aromatic carbocycles. The molecule has 0 aliphatic carbocycles. The van der Waals surface area contributed by atoms with Gasteiger partial charge in [0, 0.05) is 0 Å². The van der Waals surface area contributed by atoms with Crippen molar-refractivity contribution in [2.24, 2.45) is 5.92 Å². The number of ether oxygens (including phenoxy) is 1. The molecule has 6 nitrogen and oxygen atoms in total. The maximum absolute atomic E-state index is 9.10. The van der Waals surface area contributed by atoms with Gasteiger partial charge < -0.3 is 19.8 Å². The molecule has 1 heterocycles. The Labute approximate surface area is 168 Å². The van der Waals surface area contributed by atoms with Crippen LogP contribution in [0.5, 0.6) is 5.75 Å². The Morgan fingerprint density at radius 2 is 1.75 bits per heavy atom. The number of carbonyl (C=O) groups is 2. The van der Waals surface area contributed by atoms with Crippen molar-refractivity contribution in [3.63, 3.8) is 0 Å². The molecule has 2 rings (SSSR count). The molecule has 0 aromatic heterocycles. The molecule has 28 heavy (non-hydrogen) atoms. The fourth-order valence-corrected chi connectivity index (χ4v) is 3.14. The molecule has 1 aliphatic rings. The third-order valence-corrected chi connectivity index (χ3v) is 5.25. The molecular weight excluding hydrogens is 358 g/mol. The van der Waals surface area contributed by atoms with Crippen LogP contribution in [0.15, 0.2) is 24.3 Å². The molecular formula is C22H35NO5. The number of piperidine rings is 1. The Hall–Kier alpha value is -2.08. The summed E-state index contributed by atoms with van der Waals surface area (Å²) < 4.78 is 6.05. The highest BCUT2D eigenvalue weighted by molar-refractivity contribution is 6.27. The highest BCUT2D eigenvalue weighted by atomic mass is 16.5. The van der Waals surface area contributed by atoms with Crippen molar-refractivity contribution in [2.75, 3.05) is 26.2 Å². The number of para-hydroxylation sites is 1. The molecule has 158 valence electrons. The molecule has 0 amide bonds. The SMILES string of the molecule is CCC(C)c1ccccc1OCCCCN1CCC(C)CC1.O=C(O)C(=O)O. The maximum Gasteiger partial charge on any atom is 0.414 e. The highest BCUT2D eigenvalue weighted by Gasteiger charge is 2.15. The van der Waals surface area contributed by atoms with Crippen LogP contribution in [0.3, 0.4) is 0 Å². The third kappa shape index (κ3) is 9.22. The van der Waals surface area contributed by atoms with Gasteiger partial charge in [0.15, 0.2) is 0 Å². The molecule has 1 saturated heterocycles. The van der Waals surface area contributed by atoms with Crippen molar-refractivity contribution in [3.8, 4) is 5.75 Å². The van der Waals surface area contributed by atoms with E-state index in [1.165, 1.54) is 44.5 Å². The number of hydrogen-bond acceptors (Lipinski definition) is 4. The van der Waals surface area contributed by atoms with E-state index in [-0.39, 0.29) is 0 Å². The zero-order valence-corrected chi connectivity index (χ0v) is 17.4. The van der Waals surface area contributed by atoms with Crippen LogP contribution < -0.4 is 4.74 Å². The van der Waals surface area contributed by atoms with Crippen molar-refractivity contribution < 1.29 is 24.5 Å². The van der Waals surface area contributed by atoms with Gasteiger partial charge in [0.05, 0.1) is 6.61 Å². The number of likely N-dealkylation sites (tertiary alicyclic amines) is 1. The summed E-state index contributed by atoms with van der Waals surface area (Å²) >= 11 is 0. The molecule has 0 bridgehead atoms. The lowest BCUT2D eigenvalue weighted by Crippen LogP contribution is -2.33. The zero-order chi connectivity index (χ0) is 20.9. The van der Waals surface area contributed by atoms with Gasteiger partial charge in [-0.1, -0.05) is 39.0 Å². The second-order valence-corrected chi connectivity index (χ2v) is 7.54. The van der Waals surface area contributed by atoms with Crippen LogP contribution in [0.2, 0.25) is 0 Å². The van der Waals surface area contributed by atoms with E-state index in [2.05, 4.69) is 49.9 Å². The number of nitrogens with zero attached hydrogens (tertiary/aromatic N) is 1. The third-order valence-electron chi connectivity index (χ3n) is 5.25. The molecule has 0 saturated carbocycles. The first-order valence-corrected chi connectivity index (χ1v) is 10.2. The van der Waals surface area contributed by atoms with E-state index in [9.17, 15) is 0 Å². The maximum atomic E-state index is 9.10. The average molecular weight is 394 g/mol. The minimum atomic E-state index is -1.82. The van der Waals surface area contributed by atoms with Crippen molar-refractivity contribution in [1.29, 1.82) is 0 Å².